The van der Waals surface area contributed by atoms with Crippen molar-refractivity contribution in [1.82, 2.24) is 10.6 Å². The fourth-order valence-corrected chi connectivity index (χ4v) is 0.980. The topological polar surface area (TPSA) is 105 Å². The van der Waals surface area contributed by atoms with E-state index in [9.17, 15) is 14.4 Å². The standard InChI is InChI=1S/C9H16N2O5/c1-3-4-6(8(13)14)11-9(15)10-5-7(12)16-2/h6H,3-5H2,1-2H3,(H,13,14)(H2,10,11,15)/t6-/m0/s1. The molecule has 0 aliphatic carbocycles. The van der Waals surface area contributed by atoms with Crippen LogP contribution in [0.25, 0.3) is 0 Å². The number of hydrogen-bond acceptors (Lipinski definition) is 4. The van der Waals surface area contributed by atoms with Crippen molar-refractivity contribution in [2.24, 2.45) is 0 Å². The molecule has 92 valence electrons. The average Bonchev–Trinajstić information content (AvgIpc) is 2.25. The molecule has 0 saturated heterocycles. The van der Waals surface area contributed by atoms with Gasteiger partial charge in [-0.15, -0.1) is 0 Å². The van der Waals surface area contributed by atoms with Crippen LogP contribution < -0.4 is 10.6 Å². The third kappa shape index (κ3) is 5.84. The Morgan fingerprint density at radius 2 is 2.00 bits per heavy atom. The van der Waals surface area contributed by atoms with Crippen LogP contribution in [0.5, 0.6) is 0 Å². The third-order valence-electron chi connectivity index (χ3n) is 1.80. The maximum atomic E-state index is 11.2. The molecule has 0 aliphatic rings. The summed E-state index contributed by atoms with van der Waals surface area (Å²) in [6, 6.07) is -1.64. The quantitative estimate of drug-likeness (QED) is 0.546. The summed E-state index contributed by atoms with van der Waals surface area (Å²) in [5.41, 5.74) is 0. The number of carboxylic acids is 1. The van der Waals surface area contributed by atoms with Gasteiger partial charge in [-0.1, -0.05) is 13.3 Å². The lowest BCUT2D eigenvalue weighted by Crippen LogP contribution is -2.47. The Kier molecular flexibility index (Phi) is 6.66. The molecule has 0 aliphatic heterocycles. The summed E-state index contributed by atoms with van der Waals surface area (Å²) >= 11 is 0. The van der Waals surface area contributed by atoms with Gasteiger partial charge in [-0.2, -0.15) is 0 Å². The van der Waals surface area contributed by atoms with E-state index in [1.54, 1.807) is 0 Å². The molecule has 0 bridgehead atoms. The molecule has 0 rings (SSSR count). The highest BCUT2D eigenvalue weighted by Gasteiger charge is 2.18. The second-order valence-electron chi connectivity index (χ2n) is 3.08. The lowest BCUT2D eigenvalue weighted by atomic mass is 10.2. The first kappa shape index (κ1) is 14.2. The number of carboxylic acid groups (broad SMARTS) is 1. The minimum absolute atomic E-state index is 0.291. The van der Waals surface area contributed by atoms with Gasteiger partial charge in [0.1, 0.15) is 12.6 Å². The van der Waals surface area contributed by atoms with Gasteiger partial charge in [-0.05, 0) is 6.42 Å². The van der Waals surface area contributed by atoms with E-state index in [0.29, 0.717) is 12.8 Å². The summed E-state index contributed by atoms with van der Waals surface area (Å²) < 4.78 is 4.30. The second kappa shape index (κ2) is 7.49. The second-order valence-corrected chi connectivity index (χ2v) is 3.08. The molecule has 16 heavy (non-hydrogen) atoms. The molecular formula is C9H16N2O5. The van der Waals surface area contributed by atoms with E-state index in [4.69, 9.17) is 5.11 Å². The molecule has 0 spiro atoms. The molecule has 0 fully saturated rings. The van der Waals surface area contributed by atoms with E-state index >= 15 is 0 Å². The average molecular weight is 232 g/mol. The number of rotatable bonds is 6. The van der Waals surface area contributed by atoms with E-state index in [1.807, 2.05) is 6.92 Å². The van der Waals surface area contributed by atoms with Crippen molar-refractivity contribution >= 4 is 18.0 Å². The minimum Gasteiger partial charge on any atom is -0.480 e. The van der Waals surface area contributed by atoms with Gasteiger partial charge in [0.05, 0.1) is 7.11 Å². The Labute approximate surface area is 93.2 Å². The van der Waals surface area contributed by atoms with Crippen molar-refractivity contribution in [2.75, 3.05) is 13.7 Å². The fourth-order valence-electron chi connectivity index (χ4n) is 0.980. The van der Waals surface area contributed by atoms with Gasteiger partial charge in [0.25, 0.3) is 0 Å². The number of esters is 1. The number of amides is 2. The maximum Gasteiger partial charge on any atom is 0.326 e. The largest absolute Gasteiger partial charge is 0.480 e. The Bertz CT molecular complexity index is 267. The maximum absolute atomic E-state index is 11.2. The molecule has 1 atom stereocenters. The number of hydrogen-bond donors (Lipinski definition) is 3. The number of methoxy groups -OCH3 is 1. The van der Waals surface area contributed by atoms with E-state index < -0.39 is 24.0 Å². The number of aliphatic carboxylic acids is 1. The van der Waals surface area contributed by atoms with Gasteiger partial charge >= 0.3 is 18.0 Å². The van der Waals surface area contributed by atoms with Crippen LogP contribution in [0, 0.1) is 0 Å². The zero-order chi connectivity index (χ0) is 12.6. The van der Waals surface area contributed by atoms with Crippen LogP contribution in [0.4, 0.5) is 4.79 Å². The molecule has 0 saturated carbocycles. The van der Waals surface area contributed by atoms with Crippen molar-refractivity contribution < 1.29 is 24.2 Å². The van der Waals surface area contributed by atoms with Crippen molar-refractivity contribution in [3.8, 4) is 0 Å². The minimum atomic E-state index is -1.10. The molecule has 0 unspecified atom stereocenters. The molecule has 0 aromatic rings. The van der Waals surface area contributed by atoms with Crippen LogP contribution in [-0.4, -0.2) is 42.8 Å². The van der Waals surface area contributed by atoms with Crippen LogP contribution in [0.15, 0.2) is 0 Å². The van der Waals surface area contributed by atoms with Crippen molar-refractivity contribution in [3.05, 3.63) is 0 Å². The summed E-state index contributed by atoms with van der Waals surface area (Å²) in [7, 11) is 1.19. The first-order chi connectivity index (χ1) is 7.51. The molecular weight excluding hydrogens is 216 g/mol. The van der Waals surface area contributed by atoms with Gasteiger partial charge in [0, 0.05) is 0 Å². The zero-order valence-electron chi connectivity index (χ0n) is 9.28. The van der Waals surface area contributed by atoms with Crippen LogP contribution in [0.3, 0.4) is 0 Å². The molecule has 0 aromatic carbocycles. The van der Waals surface area contributed by atoms with Crippen LogP contribution in [0.1, 0.15) is 19.8 Å². The predicted molar refractivity (Wildman–Crippen MR) is 54.9 cm³/mol. The third-order valence-corrected chi connectivity index (χ3v) is 1.80. The molecule has 3 N–H and O–H groups in total. The Morgan fingerprint density at radius 1 is 1.38 bits per heavy atom. The number of carbonyl (C=O) groups is 3. The van der Waals surface area contributed by atoms with Crippen molar-refractivity contribution in [2.45, 2.75) is 25.8 Å². The number of ether oxygens (including phenoxy) is 1. The highest BCUT2D eigenvalue weighted by Crippen LogP contribution is 1.96. The van der Waals surface area contributed by atoms with Crippen LogP contribution >= 0.6 is 0 Å². The normalized spacial score (nSPS) is 11.4. The summed E-state index contributed by atoms with van der Waals surface area (Å²) in [5.74, 6) is -1.70. The Hall–Kier alpha value is -1.79. The summed E-state index contributed by atoms with van der Waals surface area (Å²) in [6.45, 7) is 1.52. The first-order valence-corrected chi connectivity index (χ1v) is 4.85. The summed E-state index contributed by atoms with van der Waals surface area (Å²) in [6.07, 6.45) is 0.967. The molecule has 7 nitrogen and oxygen atoms in total. The van der Waals surface area contributed by atoms with Gasteiger partial charge in [0.15, 0.2) is 0 Å². The highest BCUT2D eigenvalue weighted by atomic mass is 16.5. The van der Waals surface area contributed by atoms with Gasteiger partial charge < -0.3 is 20.5 Å². The van der Waals surface area contributed by atoms with Crippen LogP contribution in [0.2, 0.25) is 0 Å². The molecule has 0 aromatic heterocycles. The fraction of sp³-hybridized carbons (Fsp3) is 0.667. The van der Waals surface area contributed by atoms with Crippen LogP contribution in [-0.2, 0) is 14.3 Å². The number of nitrogens with one attached hydrogen (secondary N) is 2. The molecule has 0 radical (unpaired) electrons. The van der Waals surface area contributed by atoms with E-state index in [1.165, 1.54) is 7.11 Å². The Morgan fingerprint density at radius 3 is 2.44 bits per heavy atom. The zero-order valence-corrected chi connectivity index (χ0v) is 9.28. The van der Waals surface area contributed by atoms with E-state index in [-0.39, 0.29) is 6.54 Å². The number of urea groups is 1. The molecule has 0 heterocycles. The van der Waals surface area contributed by atoms with E-state index in [0.717, 1.165) is 0 Å². The number of carbonyl (C=O) groups excluding carboxylic acids is 2. The van der Waals surface area contributed by atoms with Gasteiger partial charge in [0.2, 0.25) is 0 Å². The van der Waals surface area contributed by atoms with Gasteiger partial charge in [-0.25, -0.2) is 9.59 Å². The smallest absolute Gasteiger partial charge is 0.326 e. The lowest BCUT2D eigenvalue weighted by Gasteiger charge is -2.13. The molecule has 7 heteroatoms. The molecule has 2 amide bonds. The van der Waals surface area contributed by atoms with Crippen molar-refractivity contribution in [3.63, 3.8) is 0 Å². The summed E-state index contributed by atoms with van der Waals surface area (Å²) in [5, 5.41) is 13.2. The van der Waals surface area contributed by atoms with E-state index in [2.05, 4.69) is 15.4 Å². The lowest BCUT2D eigenvalue weighted by molar-refractivity contribution is -0.139. The predicted octanol–water partition coefficient (Wildman–Crippen LogP) is -0.288. The van der Waals surface area contributed by atoms with Gasteiger partial charge in [-0.3, -0.25) is 4.79 Å². The Balaban J connectivity index is 4.00. The first-order valence-electron chi connectivity index (χ1n) is 4.85. The highest BCUT2D eigenvalue weighted by molar-refractivity contribution is 5.84. The SMILES string of the molecule is CCC[C@H](NC(=O)NCC(=O)OC)C(=O)O. The van der Waals surface area contributed by atoms with Crippen molar-refractivity contribution in [1.29, 1.82) is 0 Å². The monoisotopic (exact) mass is 232 g/mol. The summed E-state index contributed by atoms with van der Waals surface area (Å²) in [4.78, 5) is 32.5.